The smallest absolute Gasteiger partial charge is 0.228 e. The van der Waals surface area contributed by atoms with E-state index >= 15 is 0 Å². The lowest BCUT2D eigenvalue weighted by Crippen LogP contribution is -2.48. The summed E-state index contributed by atoms with van der Waals surface area (Å²) in [4.78, 5) is 12.4. The van der Waals surface area contributed by atoms with Crippen LogP contribution in [0, 0.1) is 11.3 Å². The lowest BCUT2D eigenvalue weighted by atomic mass is 9.75. The van der Waals surface area contributed by atoms with Gasteiger partial charge in [0.2, 0.25) is 5.91 Å². The lowest BCUT2D eigenvalue weighted by Gasteiger charge is -2.32. The van der Waals surface area contributed by atoms with Gasteiger partial charge in [-0.2, -0.15) is 0 Å². The van der Waals surface area contributed by atoms with Gasteiger partial charge in [0, 0.05) is 12.6 Å². The molecule has 1 aliphatic rings. The van der Waals surface area contributed by atoms with Crippen LogP contribution in [0.1, 0.15) is 53.4 Å². The molecule has 0 saturated carbocycles. The molecule has 1 fully saturated rings. The molecule has 0 aliphatic carbocycles. The standard InChI is InChI=1S/C14H28N2O/c1-5-6-7-12(4)16-13(17)14(11(2)3)8-9-15-10-14/h11-12,15H,5-10H2,1-4H3,(H,16,17). The van der Waals surface area contributed by atoms with Gasteiger partial charge in [0.05, 0.1) is 5.41 Å². The Bertz CT molecular complexity index is 245. The highest BCUT2D eigenvalue weighted by Gasteiger charge is 2.43. The highest BCUT2D eigenvalue weighted by Crippen LogP contribution is 2.34. The predicted octanol–water partition coefficient (Wildman–Crippen LogP) is 2.32. The van der Waals surface area contributed by atoms with Crippen molar-refractivity contribution in [1.29, 1.82) is 0 Å². The molecule has 2 atom stereocenters. The van der Waals surface area contributed by atoms with E-state index in [1.54, 1.807) is 0 Å². The van der Waals surface area contributed by atoms with Gasteiger partial charge in [0.25, 0.3) is 0 Å². The maximum atomic E-state index is 12.4. The molecule has 1 amide bonds. The first-order valence-electron chi connectivity index (χ1n) is 7.04. The van der Waals surface area contributed by atoms with Crippen molar-refractivity contribution in [3.63, 3.8) is 0 Å². The van der Waals surface area contributed by atoms with Crippen LogP contribution in [0.2, 0.25) is 0 Å². The minimum absolute atomic E-state index is 0.180. The SMILES string of the molecule is CCCCC(C)NC(=O)C1(C(C)C)CCNC1. The molecular formula is C14H28N2O. The monoisotopic (exact) mass is 240 g/mol. The largest absolute Gasteiger partial charge is 0.353 e. The van der Waals surface area contributed by atoms with Crippen molar-refractivity contribution in [2.75, 3.05) is 13.1 Å². The molecule has 0 bridgehead atoms. The Balaban J connectivity index is 2.54. The molecule has 3 heteroatoms. The molecule has 3 nitrogen and oxygen atoms in total. The first-order chi connectivity index (χ1) is 8.03. The Kier molecular flexibility index (Phi) is 5.44. The van der Waals surface area contributed by atoms with Gasteiger partial charge in [-0.05, 0) is 32.2 Å². The summed E-state index contributed by atoms with van der Waals surface area (Å²) >= 11 is 0. The Morgan fingerprint density at radius 2 is 2.12 bits per heavy atom. The van der Waals surface area contributed by atoms with Crippen LogP contribution < -0.4 is 10.6 Å². The van der Waals surface area contributed by atoms with E-state index in [2.05, 4.69) is 38.3 Å². The Morgan fingerprint density at radius 3 is 2.59 bits per heavy atom. The summed E-state index contributed by atoms with van der Waals surface area (Å²) < 4.78 is 0. The zero-order valence-corrected chi connectivity index (χ0v) is 11.8. The van der Waals surface area contributed by atoms with Gasteiger partial charge in [-0.15, -0.1) is 0 Å². The van der Waals surface area contributed by atoms with E-state index in [9.17, 15) is 4.79 Å². The van der Waals surface area contributed by atoms with Gasteiger partial charge in [0.1, 0.15) is 0 Å². The molecule has 0 radical (unpaired) electrons. The molecule has 0 aromatic carbocycles. The number of unbranched alkanes of at least 4 members (excludes halogenated alkanes) is 1. The lowest BCUT2D eigenvalue weighted by molar-refractivity contribution is -0.133. The van der Waals surface area contributed by atoms with Crippen LogP contribution >= 0.6 is 0 Å². The third kappa shape index (κ3) is 3.44. The van der Waals surface area contributed by atoms with Crippen LogP contribution in [0.25, 0.3) is 0 Å². The molecule has 2 N–H and O–H groups in total. The molecule has 17 heavy (non-hydrogen) atoms. The first kappa shape index (κ1) is 14.5. The van der Waals surface area contributed by atoms with E-state index in [4.69, 9.17) is 0 Å². The average molecular weight is 240 g/mol. The van der Waals surface area contributed by atoms with Gasteiger partial charge in [0.15, 0.2) is 0 Å². The maximum absolute atomic E-state index is 12.4. The van der Waals surface area contributed by atoms with Crippen LogP contribution in [-0.2, 0) is 4.79 Å². The van der Waals surface area contributed by atoms with Crippen LogP contribution in [-0.4, -0.2) is 25.0 Å². The van der Waals surface area contributed by atoms with Crippen LogP contribution in [0.4, 0.5) is 0 Å². The molecule has 2 unspecified atom stereocenters. The maximum Gasteiger partial charge on any atom is 0.228 e. The molecule has 0 aromatic rings. The average Bonchev–Trinajstić information content (AvgIpc) is 2.76. The van der Waals surface area contributed by atoms with Gasteiger partial charge in [-0.3, -0.25) is 4.79 Å². The topological polar surface area (TPSA) is 41.1 Å². The van der Waals surface area contributed by atoms with Crippen molar-refractivity contribution >= 4 is 5.91 Å². The molecule has 1 aliphatic heterocycles. The fraction of sp³-hybridized carbons (Fsp3) is 0.929. The number of hydrogen-bond acceptors (Lipinski definition) is 2. The number of rotatable bonds is 6. The van der Waals surface area contributed by atoms with Crippen molar-refractivity contribution in [2.24, 2.45) is 11.3 Å². The quantitative estimate of drug-likeness (QED) is 0.748. The van der Waals surface area contributed by atoms with E-state index in [0.717, 1.165) is 25.9 Å². The van der Waals surface area contributed by atoms with Crippen LogP contribution in [0.3, 0.4) is 0 Å². The summed E-state index contributed by atoms with van der Waals surface area (Å²) in [6.45, 7) is 10.4. The van der Waals surface area contributed by atoms with Gasteiger partial charge >= 0.3 is 0 Å². The second kappa shape index (κ2) is 6.39. The van der Waals surface area contributed by atoms with Crippen LogP contribution in [0.5, 0.6) is 0 Å². The number of amides is 1. The highest BCUT2D eigenvalue weighted by atomic mass is 16.2. The summed E-state index contributed by atoms with van der Waals surface area (Å²) in [6, 6.07) is 0.304. The second-order valence-electron chi connectivity index (χ2n) is 5.75. The van der Waals surface area contributed by atoms with E-state index in [1.165, 1.54) is 12.8 Å². The minimum Gasteiger partial charge on any atom is -0.353 e. The van der Waals surface area contributed by atoms with E-state index in [1.807, 2.05) is 0 Å². The van der Waals surface area contributed by atoms with Crippen molar-refractivity contribution in [3.8, 4) is 0 Å². The highest BCUT2D eigenvalue weighted by molar-refractivity contribution is 5.83. The molecule has 1 saturated heterocycles. The van der Waals surface area contributed by atoms with E-state index < -0.39 is 0 Å². The summed E-state index contributed by atoms with van der Waals surface area (Å²) in [5, 5.41) is 6.53. The fourth-order valence-corrected chi connectivity index (χ4v) is 2.61. The number of nitrogens with one attached hydrogen (secondary N) is 2. The van der Waals surface area contributed by atoms with Crippen molar-refractivity contribution in [3.05, 3.63) is 0 Å². The molecule has 1 rings (SSSR count). The second-order valence-corrected chi connectivity index (χ2v) is 5.75. The number of carbonyl (C=O) groups is 1. The third-order valence-electron chi connectivity index (χ3n) is 4.11. The zero-order valence-electron chi connectivity index (χ0n) is 11.8. The van der Waals surface area contributed by atoms with Gasteiger partial charge < -0.3 is 10.6 Å². The minimum atomic E-state index is -0.180. The summed E-state index contributed by atoms with van der Waals surface area (Å²) in [7, 11) is 0. The molecular weight excluding hydrogens is 212 g/mol. The third-order valence-corrected chi connectivity index (χ3v) is 4.11. The molecule has 0 aromatic heterocycles. The van der Waals surface area contributed by atoms with Crippen molar-refractivity contribution in [1.82, 2.24) is 10.6 Å². The zero-order chi connectivity index (χ0) is 12.9. The Morgan fingerprint density at radius 1 is 1.41 bits per heavy atom. The van der Waals surface area contributed by atoms with Crippen molar-refractivity contribution in [2.45, 2.75) is 59.4 Å². The van der Waals surface area contributed by atoms with Crippen molar-refractivity contribution < 1.29 is 4.79 Å². The van der Waals surface area contributed by atoms with Crippen LogP contribution in [0.15, 0.2) is 0 Å². The fourth-order valence-electron chi connectivity index (χ4n) is 2.61. The summed E-state index contributed by atoms with van der Waals surface area (Å²) in [6.07, 6.45) is 4.44. The first-order valence-corrected chi connectivity index (χ1v) is 7.04. The molecule has 0 spiro atoms. The Labute approximate surface area is 106 Å². The summed E-state index contributed by atoms with van der Waals surface area (Å²) in [5.74, 6) is 0.650. The molecule has 100 valence electrons. The van der Waals surface area contributed by atoms with E-state index in [-0.39, 0.29) is 11.3 Å². The normalized spacial score (nSPS) is 26.2. The number of hydrogen-bond donors (Lipinski definition) is 2. The number of carbonyl (C=O) groups excluding carboxylic acids is 1. The molecule has 1 heterocycles. The predicted molar refractivity (Wildman–Crippen MR) is 71.9 cm³/mol. The summed E-state index contributed by atoms with van der Waals surface area (Å²) in [5.41, 5.74) is -0.180. The van der Waals surface area contributed by atoms with Gasteiger partial charge in [-0.25, -0.2) is 0 Å². The van der Waals surface area contributed by atoms with Gasteiger partial charge in [-0.1, -0.05) is 33.6 Å². The Hall–Kier alpha value is -0.570. The van der Waals surface area contributed by atoms with E-state index in [0.29, 0.717) is 12.0 Å².